The molecule has 1 aliphatic carbocycles. The Balaban J connectivity index is 1.87. The molecule has 17 heavy (non-hydrogen) atoms. The summed E-state index contributed by atoms with van der Waals surface area (Å²) in [7, 11) is 0. The topological polar surface area (TPSA) is 46.3 Å². The van der Waals surface area contributed by atoms with Gasteiger partial charge in [-0.25, -0.2) is 4.79 Å². The predicted octanol–water partition coefficient (Wildman–Crippen LogP) is 2.13. The molecule has 2 amide bonds. The van der Waals surface area contributed by atoms with Crippen molar-refractivity contribution in [3.05, 3.63) is 41.5 Å². The van der Waals surface area contributed by atoms with Gasteiger partial charge in [0.1, 0.15) is 0 Å². The second-order valence-corrected chi connectivity index (χ2v) is 4.90. The molecule has 1 saturated heterocycles. The molecule has 0 aromatic heterocycles. The minimum Gasteiger partial charge on any atom is -0.351 e. The second kappa shape index (κ2) is 3.62. The quantitative estimate of drug-likeness (QED) is 0.726. The lowest BCUT2D eigenvalue weighted by atomic mass is 9.74. The maximum atomic E-state index is 11.1. The first-order valence-electron chi connectivity index (χ1n) is 6.04. The number of carbonyl (C=O) groups excluding carboxylic acids is 1. The maximum absolute atomic E-state index is 11.1. The molecular formula is C14H16N2O. The number of nitrogens with zero attached hydrogens (tertiary/aromatic N) is 1. The zero-order valence-corrected chi connectivity index (χ0v) is 9.73. The first kappa shape index (κ1) is 10.4. The SMILES string of the molecule is NC(=O)N1CCC2(C=Cc3ccccc32)CC1. The van der Waals surface area contributed by atoms with Crippen LogP contribution in [0.5, 0.6) is 0 Å². The maximum Gasteiger partial charge on any atom is 0.314 e. The van der Waals surface area contributed by atoms with Gasteiger partial charge in [0, 0.05) is 18.5 Å². The number of hydrogen-bond acceptors (Lipinski definition) is 1. The molecule has 1 aromatic rings. The van der Waals surface area contributed by atoms with Gasteiger partial charge in [0.05, 0.1) is 0 Å². The van der Waals surface area contributed by atoms with Gasteiger partial charge in [-0.1, -0.05) is 36.4 Å². The fourth-order valence-electron chi connectivity index (χ4n) is 3.00. The summed E-state index contributed by atoms with van der Waals surface area (Å²) in [6.45, 7) is 1.52. The smallest absolute Gasteiger partial charge is 0.314 e. The molecule has 0 atom stereocenters. The Hall–Kier alpha value is -1.77. The van der Waals surface area contributed by atoms with Crippen molar-refractivity contribution < 1.29 is 4.79 Å². The summed E-state index contributed by atoms with van der Waals surface area (Å²) < 4.78 is 0. The van der Waals surface area contributed by atoms with Crippen LogP contribution in [0.15, 0.2) is 30.3 Å². The summed E-state index contributed by atoms with van der Waals surface area (Å²) in [6.07, 6.45) is 6.46. The number of carbonyl (C=O) groups is 1. The highest BCUT2D eigenvalue weighted by Gasteiger charge is 2.38. The van der Waals surface area contributed by atoms with Gasteiger partial charge >= 0.3 is 6.03 Å². The zero-order chi connectivity index (χ0) is 11.9. The van der Waals surface area contributed by atoms with E-state index in [0.717, 1.165) is 25.9 Å². The lowest BCUT2D eigenvalue weighted by molar-refractivity contribution is 0.179. The number of primary amides is 1. The van der Waals surface area contributed by atoms with Gasteiger partial charge in [-0.2, -0.15) is 0 Å². The molecule has 1 aromatic carbocycles. The number of benzene rings is 1. The Morgan fingerprint density at radius 3 is 2.65 bits per heavy atom. The third-order valence-electron chi connectivity index (χ3n) is 4.05. The number of amides is 2. The van der Waals surface area contributed by atoms with Crippen LogP contribution < -0.4 is 5.73 Å². The summed E-state index contributed by atoms with van der Waals surface area (Å²) in [5, 5.41) is 0. The molecule has 2 N–H and O–H groups in total. The Morgan fingerprint density at radius 1 is 1.24 bits per heavy atom. The fraction of sp³-hybridized carbons (Fsp3) is 0.357. The van der Waals surface area contributed by atoms with E-state index >= 15 is 0 Å². The van der Waals surface area contributed by atoms with Gasteiger partial charge < -0.3 is 10.6 Å². The molecule has 3 nitrogen and oxygen atoms in total. The van der Waals surface area contributed by atoms with Gasteiger partial charge in [0.25, 0.3) is 0 Å². The Labute approximate surface area is 101 Å². The van der Waals surface area contributed by atoms with Crippen LogP contribution in [0.1, 0.15) is 24.0 Å². The van der Waals surface area contributed by atoms with E-state index in [0.29, 0.717) is 0 Å². The Kier molecular flexibility index (Phi) is 2.21. The predicted molar refractivity (Wildman–Crippen MR) is 67.5 cm³/mol. The van der Waals surface area contributed by atoms with E-state index in [1.165, 1.54) is 11.1 Å². The molecule has 0 radical (unpaired) electrons. The molecule has 0 bridgehead atoms. The molecule has 3 rings (SSSR count). The minimum atomic E-state index is -0.296. The van der Waals surface area contributed by atoms with Crippen LogP contribution >= 0.6 is 0 Å². The number of nitrogens with two attached hydrogens (primary N) is 1. The number of urea groups is 1. The van der Waals surface area contributed by atoms with Gasteiger partial charge in [-0.15, -0.1) is 0 Å². The average Bonchev–Trinajstić information content (AvgIpc) is 2.70. The molecule has 1 heterocycles. The average molecular weight is 228 g/mol. The molecule has 0 unspecified atom stereocenters. The summed E-state index contributed by atoms with van der Waals surface area (Å²) in [4.78, 5) is 12.9. The van der Waals surface area contributed by atoms with Crippen LogP contribution in [-0.4, -0.2) is 24.0 Å². The van der Waals surface area contributed by atoms with Crippen molar-refractivity contribution in [3.8, 4) is 0 Å². The molecule has 1 spiro atoms. The normalized spacial score (nSPS) is 20.6. The van der Waals surface area contributed by atoms with Gasteiger partial charge in [0.15, 0.2) is 0 Å². The number of allylic oxidation sites excluding steroid dienone is 1. The van der Waals surface area contributed by atoms with E-state index in [-0.39, 0.29) is 11.4 Å². The Morgan fingerprint density at radius 2 is 1.94 bits per heavy atom. The first-order chi connectivity index (χ1) is 8.21. The molecule has 3 heteroatoms. The summed E-state index contributed by atoms with van der Waals surface area (Å²) >= 11 is 0. The third kappa shape index (κ3) is 1.54. The third-order valence-corrected chi connectivity index (χ3v) is 4.05. The van der Waals surface area contributed by atoms with Gasteiger partial charge in [-0.05, 0) is 24.0 Å². The molecule has 88 valence electrons. The lowest BCUT2D eigenvalue weighted by Gasteiger charge is -2.38. The van der Waals surface area contributed by atoms with Crippen molar-refractivity contribution in [3.63, 3.8) is 0 Å². The van der Waals surface area contributed by atoms with Crippen molar-refractivity contribution in [2.45, 2.75) is 18.3 Å². The van der Waals surface area contributed by atoms with Gasteiger partial charge in [0.2, 0.25) is 0 Å². The summed E-state index contributed by atoms with van der Waals surface area (Å²) in [5.74, 6) is 0. The van der Waals surface area contributed by atoms with Crippen LogP contribution in [-0.2, 0) is 5.41 Å². The van der Waals surface area contributed by atoms with Crippen molar-refractivity contribution in [1.82, 2.24) is 4.90 Å². The van der Waals surface area contributed by atoms with Crippen LogP contribution in [0.25, 0.3) is 6.08 Å². The number of hydrogen-bond donors (Lipinski definition) is 1. The van der Waals surface area contributed by atoms with Gasteiger partial charge in [-0.3, -0.25) is 0 Å². The van der Waals surface area contributed by atoms with Crippen LogP contribution in [0, 0.1) is 0 Å². The molecule has 1 aliphatic heterocycles. The van der Waals surface area contributed by atoms with E-state index < -0.39 is 0 Å². The molecular weight excluding hydrogens is 212 g/mol. The highest BCUT2D eigenvalue weighted by molar-refractivity contribution is 5.72. The van der Waals surface area contributed by atoms with Crippen LogP contribution in [0.3, 0.4) is 0 Å². The van der Waals surface area contributed by atoms with E-state index in [4.69, 9.17) is 5.73 Å². The largest absolute Gasteiger partial charge is 0.351 e. The first-order valence-corrected chi connectivity index (χ1v) is 6.04. The van der Waals surface area contributed by atoms with Crippen molar-refractivity contribution in [1.29, 1.82) is 0 Å². The van der Waals surface area contributed by atoms with Crippen LogP contribution in [0.4, 0.5) is 4.79 Å². The van der Waals surface area contributed by atoms with E-state index in [1.807, 2.05) is 0 Å². The van der Waals surface area contributed by atoms with E-state index in [9.17, 15) is 4.79 Å². The number of likely N-dealkylation sites (tertiary alicyclic amines) is 1. The number of fused-ring (bicyclic) bond motifs is 2. The van der Waals surface area contributed by atoms with E-state index in [2.05, 4.69) is 36.4 Å². The Bertz CT molecular complexity index is 485. The molecule has 1 fully saturated rings. The fourth-order valence-corrected chi connectivity index (χ4v) is 3.00. The highest BCUT2D eigenvalue weighted by atomic mass is 16.2. The number of rotatable bonds is 0. The summed E-state index contributed by atoms with van der Waals surface area (Å²) in [5.41, 5.74) is 8.19. The second-order valence-electron chi connectivity index (χ2n) is 4.90. The highest BCUT2D eigenvalue weighted by Crippen LogP contribution is 2.43. The monoisotopic (exact) mass is 228 g/mol. The standard InChI is InChI=1S/C14H16N2O/c15-13(17)16-9-7-14(8-10-16)6-5-11-3-1-2-4-12(11)14/h1-6H,7-10H2,(H2,15,17). The van der Waals surface area contributed by atoms with Crippen LogP contribution in [0.2, 0.25) is 0 Å². The van der Waals surface area contributed by atoms with E-state index in [1.54, 1.807) is 4.90 Å². The molecule has 2 aliphatic rings. The lowest BCUT2D eigenvalue weighted by Crippen LogP contribution is -2.46. The van der Waals surface area contributed by atoms with Crippen molar-refractivity contribution in [2.24, 2.45) is 5.73 Å². The van der Waals surface area contributed by atoms with Crippen molar-refractivity contribution in [2.75, 3.05) is 13.1 Å². The molecule has 0 saturated carbocycles. The zero-order valence-electron chi connectivity index (χ0n) is 9.73. The van der Waals surface area contributed by atoms with Crippen molar-refractivity contribution >= 4 is 12.1 Å². The number of piperidine rings is 1. The summed E-state index contributed by atoms with van der Waals surface area (Å²) in [6, 6.07) is 8.22. The minimum absolute atomic E-state index is 0.141.